The number of carbonyl (C=O) groups is 2. The van der Waals surface area contributed by atoms with E-state index in [0.29, 0.717) is 19.6 Å². The lowest BCUT2D eigenvalue weighted by molar-refractivity contribution is -0.143. The maximum Gasteiger partial charge on any atom is 0.331 e. The summed E-state index contributed by atoms with van der Waals surface area (Å²) in [5.41, 5.74) is 3.50. The fourth-order valence-corrected chi connectivity index (χ4v) is 3.02. The number of rotatable bonds is 9. The quantitative estimate of drug-likeness (QED) is 0.404. The molecule has 0 aliphatic carbocycles. The van der Waals surface area contributed by atoms with Crippen LogP contribution in [-0.4, -0.2) is 31.6 Å². The number of ether oxygens (including phenoxy) is 2. The predicted molar refractivity (Wildman–Crippen MR) is 108 cm³/mol. The van der Waals surface area contributed by atoms with Crippen molar-refractivity contribution >= 4 is 29.3 Å². The van der Waals surface area contributed by atoms with Gasteiger partial charge in [-0.3, -0.25) is 4.79 Å². The lowest BCUT2D eigenvalue weighted by Crippen LogP contribution is -2.30. The summed E-state index contributed by atoms with van der Waals surface area (Å²) in [5.74, 6) is 0.0212. The third kappa shape index (κ3) is 7.27. The summed E-state index contributed by atoms with van der Waals surface area (Å²) in [6.07, 6.45) is 3.65. The van der Waals surface area contributed by atoms with Crippen LogP contribution in [-0.2, 0) is 14.3 Å². The first-order valence-electron chi connectivity index (χ1n) is 8.81. The third-order valence-corrected chi connectivity index (χ3v) is 4.77. The zero-order valence-corrected chi connectivity index (χ0v) is 16.7. The second kappa shape index (κ2) is 10.5. The minimum atomic E-state index is -0.535. The van der Waals surface area contributed by atoms with Gasteiger partial charge >= 0.3 is 5.97 Å². The minimum absolute atomic E-state index is 0.287. The monoisotopic (exact) mass is 387 g/mol. The van der Waals surface area contributed by atoms with Crippen molar-refractivity contribution in [3.8, 4) is 5.75 Å². The Hall–Kier alpha value is -2.60. The van der Waals surface area contributed by atoms with Crippen molar-refractivity contribution in [2.75, 3.05) is 19.8 Å². The number of aryl methyl sites for hydroxylation is 2. The highest BCUT2D eigenvalue weighted by atomic mass is 32.1. The van der Waals surface area contributed by atoms with E-state index in [9.17, 15) is 9.59 Å². The molecule has 1 aromatic heterocycles. The number of hydrogen-bond acceptors (Lipinski definition) is 5. The molecule has 0 fully saturated rings. The largest absolute Gasteiger partial charge is 0.493 e. The van der Waals surface area contributed by atoms with Crippen molar-refractivity contribution in [2.24, 2.45) is 0 Å². The molecule has 0 aliphatic rings. The molecule has 144 valence electrons. The molecule has 1 N–H and O–H groups in total. The van der Waals surface area contributed by atoms with E-state index >= 15 is 0 Å². The van der Waals surface area contributed by atoms with E-state index in [1.54, 1.807) is 6.08 Å². The van der Waals surface area contributed by atoms with E-state index in [2.05, 4.69) is 18.3 Å². The molecule has 1 aromatic carbocycles. The van der Waals surface area contributed by atoms with E-state index < -0.39 is 5.97 Å². The Labute approximate surface area is 164 Å². The number of amides is 1. The van der Waals surface area contributed by atoms with Crippen molar-refractivity contribution in [1.82, 2.24) is 5.32 Å². The van der Waals surface area contributed by atoms with Crippen LogP contribution >= 0.6 is 11.3 Å². The van der Waals surface area contributed by atoms with Crippen LogP contribution in [0.3, 0.4) is 0 Å². The Kier molecular flexibility index (Phi) is 8.07. The molecule has 0 bridgehead atoms. The first-order chi connectivity index (χ1) is 13.0. The van der Waals surface area contributed by atoms with Gasteiger partial charge < -0.3 is 14.8 Å². The normalized spacial score (nSPS) is 10.8. The summed E-state index contributed by atoms with van der Waals surface area (Å²) in [6, 6.07) is 7.93. The molecule has 0 radical (unpaired) electrons. The molecule has 2 rings (SSSR count). The van der Waals surface area contributed by atoms with Crippen molar-refractivity contribution in [1.29, 1.82) is 0 Å². The maximum atomic E-state index is 11.7. The maximum absolute atomic E-state index is 11.7. The van der Waals surface area contributed by atoms with Crippen LogP contribution in [0.2, 0.25) is 0 Å². The molecule has 2 aromatic rings. The molecular weight excluding hydrogens is 362 g/mol. The van der Waals surface area contributed by atoms with Gasteiger partial charge in [0.2, 0.25) is 0 Å². The summed E-state index contributed by atoms with van der Waals surface area (Å²) in [5, 5.41) is 4.63. The zero-order chi connectivity index (χ0) is 19.6. The third-order valence-electron chi connectivity index (χ3n) is 3.94. The Morgan fingerprint density at radius 3 is 2.78 bits per heavy atom. The van der Waals surface area contributed by atoms with Gasteiger partial charge in [-0.1, -0.05) is 12.1 Å². The molecule has 5 nitrogen and oxygen atoms in total. The van der Waals surface area contributed by atoms with E-state index in [-0.39, 0.29) is 12.5 Å². The van der Waals surface area contributed by atoms with Crippen LogP contribution in [0.5, 0.6) is 5.75 Å². The number of carbonyl (C=O) groups excluding carboxylic acids is 2. The number of thiophene rings is 1. The average molecular weight is 388 g/mol. The van der Waals surface area contributed by atoms with Gasteiger partial charge in [0.15, 0.2) is 6.61 Å². The van der Waals surface area contributed by atoms with Crippen molar-refractivity contribution in [3.63, 3.8) is 0 Å². The number of benzene rings is 1. The summed E-state index contributed by atoms with van der Waals surface area (Å²) >= 11 is 1.52. The first-order valence-corrected chi connectivity index (χ1v) is 9.69. The van der Waals surface area contributed by atoms with E-state index in [1.807, 2.05) is 37.4 Å². The van der Waals surface area contributed by atoms with Crippen LogP contribution in [0.4, 0.5) is 0 Å². The average Bonchev–Trinajstić information content (AvgIpc) is 3.15. The van der Waals surface area contributed by atoms with E-state index in [1.165, 1.54) is 23.0 Å². The molecule has 1 amide bonds. The van der Waals surface area contributed by atoms with Crippen molar-refractivity contribution in [2.45, 2.75) is 27.2 Å². The molecule has 0 saturated heterocycles. The van der Waals surface area contributed by atoms with Crippen LogP contribution in [0, 0.1) is 20.8 Å². The lowest BCUT2D eigenvalue weighted by atomic mass is 10.1. The van der Waals surface area contributed by atoms with Gasteiger partial charge in [0, 0.05) is 17.5 Å². The Morgan fingerprint density at radius 2 is 2.04 bits per heavy atom. The SMILES string of the molecule is Cc1cc(C)c(C)c(OCCCNC(=O)COC(=O)/C=C/c2cccs2)c1. The molecule has 0 unspecified atom stereocenters. The Morgan fingerprint density at radius 1 is 1.22 bits per heavy atom. The second-order valence-electron chi connectivity index (χ2n) is 6.21. The van der Waals surface area contributed by atoms with E-state index in [4.69, 9.17) is 9.47 Å². The molecule has 6 heteroatoms. The van der Waals surface area contributed by atoms with Crippen LogP contribution < -0.4 is 10.1 Å². The van der Waals surface area contributed by atoms with Gasteiger partial charge in [0.05, 0.1) is 6.61 Å². The van der Waals surface area contributed by atoms with Gasteiger partial charge in [-0.15, -0.1) is 11.3 Å². The molecule has 0 atom stereocenters. The second-order valence-corrected chi connectivity index (χ2v) is 7.19. The van der Waals surface area contributed by atoms with Gasteiger partial charge in [0.1, 0.15) is 5.75 Å². The molecule has 0 saturated carbocycles. The number of hydrogen-bond donors (Lipinski definition) is 1. The lowest BCUT2D eigenvalue weighted by Gasteiger charge is -2.12. The smallest absolute Gasteiger partial charge is 0.331 e. The van der Waals surface area contributed by atoms with Gasteiger partial charge in [-0.25, -0.2) is 4.79 Å². The molecule has 27 heavy (non-hydrogen) atoms. The highest BCUT2D eigenvalue weighted by molar-refractivity contribution is 7.10. The predicted octanol–water partition coefficient (Wildman–Crippen LogP) is 3.82. The number of esters is 1. The summed E-state index contributed by atoms with van der Waals surface area (Å²) < 4.78 is 10.7. The Bertz CT molecular complexity index is 797. The van der Waals surface area contributed by atoms with Crippen LogP contribution in [0.1, 0.15) is 28.0 Å². The summed E-state index contributed by atoms with van der Waals surface area (Å²) in [6.45, 7) is 6.82. The molecule has 0 aliphatic heterocycles. The van der Waals surface area contributed by atoms with Crippen molar-refractivity contribution in [3.05, 3.63) is 57.3 Å². The topological polar surface area (TPSA) is 64.6 Å². The summed E-state index contributed by atoms with van der Waals surface area (Å²) in [7, 11) is 0. The molecule has 0 spiro atoms. The highest BCUT2D eigenvalue weighted by Crippen LogP contribution is 2.23. The van der Waals surface area contributed by atoms with Crippen LogP contribution in [0.15, 0.2) is 35.7 Å². The molecule has 1 heterocycles. The fraction of sp³-hybridized carbons (Fsp3) is 0.333. The zero-order valence-electron chi connectivity index (χ0n) is 15.9. The van der Waals surface area contributed by atoms with Crippen molar-refractivity contribution < 1.29 is 19.1 Å². The Balaban J connectivity index is 1.60. The molecular formula is C21H25NO4S. The van der Waals surface area contributed by atoms with Crippen LogP contribution in [0.25, 0.3) is 6.08 Å². The van der Waals surface area contributed by atoms with Gasteiger partial charge in [-0.2, -0.15) is 0 Å². The first kappa shape index (κ1) is 20.7. The number of nitrogens with one attached hydrogen (secondary N) is 1. The minimum Gasteiger partial charge on any atom is -0.493 e. The van der Waals surface area contributed by atoms with Gasteiger partial charge in [0.25, 0.3) is 5.91 Å². The highest BCUT2D eigenvalue weighted by Gasteiger charge is 2.06. The standard InChI is InChI=1S/C21H25NO4S/c1-15-12-16(2)17(3)19(13-15)25-10-5-9-22-20(23)14-26-21(24)8-7-18-6-4-11-27-18/h4,6-8,11-13H,5,9-10,14H2,1-3H3,(H,22,23)/b8-7+. The van der Waals surface area contributed by atoms with E-state index in [0.717, 1.165) is 21.8 Å². The van der Waals surface area contributed by atoms with Gasteiger partial charge in [-0.05, 0) is 67.5 Å². The fourth-order valence-electron chi connectivity index (χ4n) is 2.40. The summed E-state index contributed by atoms with van der Waals surface area (Å²) in [4.78, 5) is 24.2.